The van der Waals surface area contributed by atoms with Crippen molar-refractivity contribution in [3.8, 4) is 0 Å². The van der Waals surface area contributed by atoms with E-state index < -0.39 is 17.8 Å². The van der Waals surface area contributed by atoms with Crippen LogP contribution in [0, 0.1) is 12.7 Å². The van der Waals surface area contributed by atoms with E-state index in [1.165, 1.54) is 26.2 Å². The number of ether oxygens (including phenoxy) is 1. The topological polar surface area (TPSA) is 63.6 Å². The first kappa shape index (κ1) is 13.2. The molecule has 0 radical (unpaired) electrons. The minimum Gasteiger partial charge on any atom is -0.481 e. The van der Waals surface area contributed by atoms with Crippen LogP contribution in [0.15, 0.2) is 12.1 Å². The van der Waals surface area contributed by atoms with Crippen LogP contribution in [-0.2, 0) is 16.0 Å². The summed E-state index contributed by atoms with van der Waals surface area (Å²) in [4.78, 5) is 21.8. The van der Waals surface area contributed by atoms with E-state index in [1.54, 1.807) is 0 Å². The van der Waals surface area contributed by atoms with Gasteiger partial charge in [-0.3, -0.25) is 4.79 Å². The number of carbonyl (C=O) groups is 2. The van der Waals surface area contributed by atoms with Gasteiger partial charge in [0.15, 0.2) is 0 Å². The molecule has 0 amide bonds. The maximum atomic E-state index is 13.5. The molecular weight excluding hydrogens is 227 g/mol. The highest BCUT2D eigenvalue weighted by molar-refractivity contribution is 5.91. The summed E-state index contributed by atoms with van der Waals surface area (Å²) in [6, 6.07) is 2.71. The number of hydrogen-bond donors (Lipinski definition) is 1. The third-order valence-corrected chi connectivity index (χ3v) is 2.44. The minimum absolute atomic E-state index is 0.108. The molecule has 1 aromatic rings. The number of aliphatic carboxylic acids is 1. The lowest BCUT2D eigenvalue weighted by Gasteiger charge is -2.08. The van der Waals surface area contributed by atoms with Crippen LogP contribution in [-0.4, -0.2) is 24.2 Å². The highest BCUT2D eigenvalue weighted by atomic mass is 19.1. The Kier molecular flexibility index (Phi) is 4.20. The summed E-state index contributed by atoms with van der Waals surface area (Å²) in [5.74, 6) is -2.13. The molecule has 0 atom stereocenters. The fraction of sp³-hybridized carbons (Fsp3) is 0.333. The Labute approximate surface area is 98.0 Å². The number of hydrogen-bond acceptors (Lipinski definition) is 3. The number of carboxylic acids is 1. The molecule has 0 aromatic heterocycles. The average molecular weight is 240 g/mol. The van der Waals surface area contributed by atoms with Crippen LogP contribution >= 0.6 is 0 Å². The van der Waals surface area contributed by atoms with Crippen LogP contribution in [0.4, 0.5) is 4.39 Å². The van der Waals surface area contributed by atoms with Crippen molar-refractivity contribution in [3.63, 3.8) is 0 Å². The first-order chi connectivity index (χ1) is 7.95. The first-order valence-electron chi connectivity index (χ1n) is 5.05. The summed E-state index contributed by atoms with van der Waals surface area (Å²) >= 11 is 0. The number of methoxy groups -OCH3 is 1. The number of carbonyl (C=O) groups excluding carboxylic acids is 1. The normalized spacial score (nSPS) is 10.1. The monoisotopic (exact) mass is 240 g/mol. The van der Waals surface area contributed by atoms with E-state index in [0.717, 1.165) is 0 Å². The van der Waals surface area contributed by atoms with Gasteiger partial charge in [-0.1, -0.05) is 0 Å². The molecule has 17 heavy (non-hydrogen) atoms. The molecule has 0 saturated carbocycles. The Morgan fingerprint density at radius 1 is 1.41 bits per heavy atom. The summed E-state index contributed by atoms with van der Waals surface area (Å²) in [6.45, 7) is 1.47. The molecule has 5 heteroatoms. The lowest BCUT2D eigenvalue weighted by Crippen LogP contribution is -2.07. The van der Waals surface area contributed by atoms with Crippen molar-refractivity contribution in [1.82, 2.24) is 0 Å². The number of benzene rings is 1. The summed E-state index contributed by atoms with van der Waals surface area (Å²) in [6.07, 6.45) is 0.0691. The fourth-order valence-corrected chi connectivity index (χ4v) is 1.45. The van der Waals surface area contributed by atoms with Gasteiger partial charge in [-0.2, -0.15) is 0 Å². The van der Waals surface area contributed by atoms with Gasteiger partial charge in [0.05, 0.1) is 12.7 Å². The number of aryl methyl sites for hydroxylation is 1. The lowest BCUT2D eigenvalue weighted by molar-refractivity contribution is -0.136. The number of carboxylic acid groups (broad SMARTS) is 1. The number of halogens is 1. The van der Waals surface area contributed by atoms with E-state index in [2.05, 4.69) is 4.74 Å². The van der Waals surface area contributed by atoms with Crippen molar-refractivity contribution in [2.24, 2.45) is 0 Å². The second-order valence-corrected chi connectivity index (χ2v) is 3.64. The largest absolute Gasteiger partial charge is 0.481 e. The van der Waals surface area contributed by atoms with E-state index >= 15 is 0 Å². The molecule has 0 saturated heterocycles. The van der Waals surface area contributed by atoms with Gasteiger partial charge in [0.2, 0.25) is 0 Å². The summed E-state index contributed by atoms with van der Waals surface area (Å²) in [5.41, 5.74) is 0.805. The van der Waals surface area contributed by atoms with Gasteiger partial charge in [-0.15, -0.1) is 0 Å². The second-order valence-electron chi connectivity index (χ2n) is 3.64. The standard InChI is InChI=1S/C12H13FO4/c1-7-9(12(16)17-2)5-8(6-10(7)13)3-4-11(14)15/h5-6H,3-4H2,1-2H3,(H,14,15). The molecule has 0 heterocycles. The van der Waals surface area contributed by atoms with Gasteiger partial charge in [-0.05, 0) is 36.6 Å². The third kappa shape index (κ3) is 3.27. The van der Waals surface area contributed by atoms with Gasteiger partial charge < -0.3 is 9.84 Å². The smallest absolute Gasteiger partial charge is 0.338 e. The Morgan fingerprint density at radius 2 is 2.06 bits per heavy atom. The molecule has 4 nitrogen and oxygen atoms in total. The molecule has 1 rings (SSSR count). The highest BCUT2D eigenvalue weighted by Gasteiger charge is 2.14. The van der Waals surface area contributed by atoms with Crippen LogP contribution in [0.2, 0.25) is 0 Å². The zero-order valence-corrected chi connectivity index (χ0v) is 9.62. The van der Waals surface area contributed by atoms with Crippen LogP contribution in [0.5, 0.6) is 0 Å². The van der Waals surface area contributed by atoms with Gasteiger partial charge in [0, 0.05) is 6.42 Å². The van der Waals surface area contributed by atoms with Crippen molar-refractivity contribution < 1.29 is 23.8 Å². The van der Waals surface area contributed by atoms with E-state index in [0.29, 0.717) is 5.56 Å². The van der Waals surface area contributed by atoms with Crippen molar-refractivity contribution in [3.05, 3.63) is 34.6 Å². The predicted molar refractivity (Wildman–Crippen MR) is 58.4 cm³/mol. The van der Waals surface area contributed by atoms with Gasteiger partial charge in [0.25, 0.3) is 0 Å². The van der Waals surface area contributed by atoms with E-state index in [9.17, 15) is 14.0 Å². The zero-order valence-electron chi connectivity index (χ0n) is 9.62. The van der Waals surface area contributed by atoms with Crippen molar-refractivity contribution >= 4 is 11.9 Å². The summed E-state index contributed by atoms with van der Waals surface area (Å²) < 4.78 is 18.0. The fourth-order valence-electron chi connectivity index (χ4n) is 1.45. The predicted octanol–water partition coefficient (Wildman–Crippen LogP) is 1.94. The quantitative estimate of drug-likeness (QED) is 0.817. The van der Waals surface area contributed by atoms with Crippen LogP contribution in [0.25, 0.3) is 0 Å². The number of esters is 1. The highest BCUT2D eigenvalue weighted by Crippen LogP contribution is 2.17. The van der Waals surface area contributed by atoms with Crippen molar-refractivity contribution in [1.29, 1.82) is 0 Å². The average Bonchev–Trinajstić information content (AvgIpc) is 2.29. The summed E-state index contributed by atoms with van der Waals surface area (Å²) in [7, 11) is 1.21. The zero-order chi connectivity index (χ0) is 13.0. The molecular formula is C12H13FO4. The van der Waals surface area contributed by atoms with Crippen molar-refractivity contribution in [2.75, 3.05) is 7.11 Å². The molecule has 0 aliphatic rings. The van der Waals surface area contributed by atoms with Gasteiger partial charge >= 0.3 is 11.9 Å². The SMILES string of the molecule is COC(=O)c1cc(CCC(=O)O)cc(F)c1C. The van der Waals surface area contributed by atoms with Crippen LogP contribution in [0.3, 0.4) is 0 Å². The first-order valence-corrected chi connectivity index (χ1v) is 5.05. The molecule has 0 aliphatic carbocycles. The molecule has 92 valence electrons. The van der Waals surface area contributed by atoms with Gasteiger partial charge in [0.1, 0.15) is 5.82 Å². The molecule has 0 fully saturated rings. The van der Waals surface area contributed by atoms with E-state index in [1.807, 2.05) is 0 Å². The Balaban J connectivity index is 3.05. The Bertz CT molecular complexity index is 454. The van der Waals surface area contributed by atoms with Crippen LogP contribution in [0.1, 0.15) is 27.9 Å². The molecule has 0 unspecified atom stereocenters. The molecule has 0 aliphatic heterocycles. The number of rotatable bonds is 4. The third-order valence-electron chi connectivity index (χ3n) is 2.44. The minimum atomic E-state index is -0.967. The van der Waals surface area contributed by atoms with Crippen LogP contribution < -0.4 is 0 Å². The van der Waals surface area contributed by atoms with E-state index in [-0.39, 0.29) is 24.0 Å². The lowest BCUT2D eigenvalue weighted by atomic mass is 10.0. The Hall–Kier alpha value is -1.91. The second kappa shape index (κ2) is 5.43. The molecule has 1 aromatic carbocycles. The maximum Gasteiger partial charge on any atom is 0.338 e. The van der Waals surface area contributed by atoms with Gasteiger partial charge in [-0.25, -0.2) is 9.18 Å². The maximum absolute atomic E-state index is 13.5. The van der Waals surface area contributed by atoms with E-state index in [4.69, 9.17) is 5.11 Å². The molecule has 0 spiro atoms. The Morgan fingerprint density at radius 3 is 2.59 bits per heavy atom. The molecule has 1 N–H and O–H groups in total. The summed E-state index contributed by atoms with van der Waals surface area (Å²) in [5, 5.41) is 8.54. The van der Waals surface area contributed by atoms with Crippen molar-refractivity contribution in [2.45, 2.75) is 19.8 Å². The molecule has 0 bridgehead atoms.